The summed E-state index contributed by atoms with van der Waals surface area (Å²) in [5.74, 6) is 0.903. The highest BCUT2D eigenvalue weighted by molar-refractivity contribution is 7.52. The average Bonchev–Trinajstić information content (AvgIpc) is 2.77. The van der Waals surface area contributed by atoms with E-state index in [1.54, 1.807) is 13.8 Å². The van der Waals surface area contributed by atoms with Crippen LogP contribution in [-0.2, 0) is 25.8 Å². The normalized spacial score (nSPS) is 12.2. The van der Waals surface area contributed by atoms with Crippen LogP contribution in [0, 0.1) is 0 Å². The van der Waals surface area contributed by atoms with Gasteiger partial charge in [0.2, 0.25) is 0 Å². The fourth-order valence-electron chi connectivity index (χ4n) is 2.07. The molecule has 0 N–H and O–H groups in total. The molecule has 2 aromatic rings. The highest BCUT2D eigenvalue weighted by Gasteiger charge is 2.26. The standard InChI is InChI=1S/C13H18ClN2O3P/c1-3-18-20(17,19-4-2)10-16-12-8-6-5-7-11(12)15-13(16)9-14/h5-8H,3-4,9-10H2,1-2H3. The fraction of sp³-hybridized carbons (Fsp3) is 0.462. The van der Waals surface area contributed by atoms with Crippen molar-refractivity contribution in [3.8, 4) is 0 Å². The summed E-state index contributed by atoms with van der Waals surface area (Å²) in [4.78, 5) is 4.43. The van der Waals surface area contributed by atoms with Gasteiger partial charge >= 0.3 is 7.60 Å². The predicted molar refractivity (Wildman–Crippen MR) is 80.1 cm³/mol. The molecule has 0 aliphatic heterocycles. The van der Waals surface area contributed by atoms with Crippen LogP contribution in [0.15, 0.2) is 24.3 Å². The van der Waals surface area contributed by atoms with Gasteiger partial charge < -0.3 is 13.6 Å². The van der Waals surface area contributed by atoms with Crippen LogP contribution in [0.5, 0.6) is 0 Å². The van der Waals surface area contributed by atoms with Gasteiger partial charge in [-0.2, -0.15) is 0 Å². The number of alkyl halides is 1. The molecule has 110 valence electrons. The molecule has 2 rings (SSSR count). The van der Waals surface area contributed by atoms with Crippen molar-refractivity contribution in [2.75, 3.05) is 13.2 Å². The number of hydrogen-bond acceptors (Lipinski definition) is 4. The number of para-hydroxylation sites is 2. The Kier molecular flexibility index (Phi) is 5.22. The Hall–Kier alpha value is -0.870. The van der Waals surface area contributed by atoms with Crippen molar-refractivity contribution in [2.45, 2.75) is 26.0 Å². The van der Waals surface area contributed by atoms with E-state index in [9.17, 15) is 4.57 Å². The molecule has 5 nitrogen and oxygen atoms in total. The van der Waals surface area contributed by atoms with Crippen molar-refractivity contribution >= 4 is 30.2 Å². The van der Waals surface area contributed by atoms with Crippen molar-refractivity contribution in [2.24, 2.45) is 0 Å². The number of benzene rings is 1. The first-order valence-corrected chi connectivity index (χ1v) is 8.78. The van der Waals surface area contributed by atoms with Crippen molar-refractivity contribution in [3.05, 3.63) is 30.1 Å². The molecule has 0 aliphatic rings. The lowest BCUT2D eigenvalue weighted by Crippen LogP contribution is -2.07. The van der Waals surface area contributed by atoms with E-state index in [4.69, 9.17) is 20.6 Å². The summed E-state index contributed by atoms with van der Waals surface area (Å²) in [6, 6.07) is 7.63. The number of hydrogen-bond donors (Lipinski definition) is 0. The first-order valence-electron chi connectivity index (χ1n) is 6.51. The van der Waals surface area contributed by atoms with Gasteiger partial charge in [-0.25, -0.2) is 4.98 Å². The number of halogens is 1. The van der Waals surface area contributed by atoms with Crippen molar-refractivity contribution < 1.29 is 13.6 Å². The maximum absolute atomic E-state index is 12.7. The van der Waals surface area contributed by atoms with Crippen LogP contribution in [-0.4, -0.2) is 22.8 Å². The van der Waals surface area contributed by atoms with Crippen LogP contribution in [0.2, 0.25) is 0 Å². The van der Waals surface area contributed by atoms with Crippen molar-refractivity contribution in [1.82, 2.24) is 9.55 Å². The smallest absolute Gasteiger partial charge is 0.315 e. The van der Waals surface area contributed by atoms with Gasteiger partial charge in [-0.1, -0.05) is 12.1 Å². The van der Waals surface area contributed by atoms with Gasteiger partial charge in [-0.05, 0) is 26.0 Å². The second-order valence-electron chi connectivity index (χ2n) is 4.17. The summed E-state index contributed by atoms with van der Waals surface area (Å²) in [6.07, 6.45) is 0.122. The molecule has 0 atom stereocenters. The van der Waals surface area contributed by atoms with Crippen molar-refractivity contribution in [3.63, 3.8) is 0 Å². The monoisotopic (exact) mass is 316 g/mol. The van der Waals surface area contributed by atoms with E-state index in [-0.39, 0.29) is 12.2 Å². The topological polar surface area (TPSA) is 53.4 Å². The molecule has 1 heterocycles. The Labute approximate surface area is 123 Å². The van der Waals surface area contributed by atoms with Crippen LogP contribution in [0.25, 0.3) is 11.0 Å². The minimum Gasteiger partial charge on any atom is -0.315 e. The molecule has 7 heteroatoms. The highest BCUT2D eigenvalue weighted by Crippen LogP contribution is 2.50. The molecule has 0 saturated heterocycles. The van der Waals surface area contributed by atoms with Gasteiger partial charge in [0.05, 0.1) is 30.1 Å². The molecular weight excluding hydrogens is 299 g/mol. The molecule has 1 aromatic heterocycles. The second kappa shape index (κ2) is 6.72. The van der Waals surface area contributed by atoms with E-state index >= 15 is 0 Å². The number of rotatable bonds is 7. The SMILES string of the molecule is CCOP(=O)(Cn1c(CCl)nc2ccccc21)OCC. The first kappa shape index (κ1) is 15.5. The lowest BCUT2D eigenvalue weighted by atomic mass is 10.3. The molecule has 0 unspecified atom stereocenters. The van der Waals surface area contributed by atoms with E-state index in [1.807, 2.05) is 28.8 Å². The van der Waals surface area contributed by atoms with E-state index in [0.717, 1.165) is 11.0 Å². The largest absolute Gasteiger partial charge is 0.350 e. The molecular formula is C13H18ClN2O3P. The number of nitrogens with zero attached hydrogens (tertiary/aromatic N) is 2. The number of imidazole rings is 1. The lowest BCUT2D eigenvalue weighted by molar-refractivity contribution is 0.214. The molecule has 0 aliphatic carbocycles. The van der Waals surface area contributed by atoms with Gasteiger partial charge in [-0.15, -0.1) is 11.6 Å². The third kappa shape index (κ3) is 3.23. The minimum atomic E-state index is -3.19. The number of aromatic nitrogens is 2. The Bertz CT molecular complexity index is 619. The number of fused-ring (bicyclic) bond motifs is 1. The molecule has 0 saturated carbocycles. The van der Waals surface area contributed by atoms with E-state index in [0.29, 0.717) is 19.0 Å². The Morgan fingerprint density at radius 1 is 1.25 bits per heavy atom. The van der Waals surface area contributed by atoms with Crippen LogP contribution >= 0.6 is 19.2 Å². The zero-order chi connectivity index (χ0) is 14.6. The summed E-state index contributed by atoms with van der Waals surface area (Å²) >= 11 is 5.93. The average molecular weight is 317 g/mol. The van der Waals surface area contributed by atoms with Crippen LogP contribution in [0.3, 0.4) is 0 Å². The maximum Gasteiger partial charge on any atom is 0.350 e. The Morgan fingerprint density at radius 2 is 1.90 bits per heavy atom. The summed E-state index contributed by atoms with van der Waals surface area (Å²) in [5, 5.41) is 0. The first-order chi connectivity index (χ1) is 9.63. The summed E-state index contributed by atoms with van der Waals surface area (Å²) in [7, 11) is -3.19. The zero-order valence-corrected chi connectivity index (χ0v) is 13.2. The quantitative estimate of drug-likeness (QED) is 0.572. The summed E-state index contributed by atoms with van der Waals surface area (Å²) < 4.78 is 25.1. The van der Waals surface area contributed by atoms with Gasteiger partial charge in [-0.3, -0.25) is 4.57 Å². The Balaban J connectivity index is 2.43. The summed E-state index contributed by atoms with van der Waals surface area (Å²) in [6.45, 7) is 4.25. The highest BCUT2D eigenvalue weighted by atomic mass is 35.5. The van der Waals surface area contributed by atoms with Crippen molar-refractivity contribution in [1.29, 1.82) is 0 Å². The van der Waals surface area contributed by atoms with Crippen LogP contribution in [0.4, 0.5) is 0 Å². The van der Waals surface area contributed by atoms with Gasteiger partial charge in [0, 0.05) is 0 Å². The zero-order valence-electron chi connectivity index (χ0n) is 11.6. The predicted octanol–water partition coefficient (Wildman–Crippen LogP) is 4.00. The third-order valence-corrected chi connectivity index (χ3v) is 4.99. The minimum absolute atomic E-state index is 0.122. The van der Waals surface area contributed by atoms with Crippen LogP contribution < -0.4 is 0 Å². The second-order valence-corrected chi connectivity index (χ2v) is 6.45. The molecule has 1 aromatic carbocycles. The van der Waals surface area contributed by atoms with Gasteiger partial charge in [0.25, 0.3) is 0 Å². The Morgan fingerprint density at radius 3 is 2.50 bits per heavy atom. The summed E-state index contributed by atoms with van der Waals surface area (Å²) in [5.41, 5.74) is 1.70. The molecule has 0 amide bonds. The van der Waals surface area contributed by atoms with Gasteiger partial charge in [0.15, 0.2) is 0 Å². The molecule has 0 radical (unpaired) electrons. The lowest BCUT2D eigenvalue weighted by Gasteiger charge is -2.18. The van der Waals surface area contributed by atoms with E-state index in [2.05, 4.69) is 4.98 Å². The fourth-order valence-corrected chi connectivity index (χ4v) is 3.96. The van der Waals surface area contributed by atoms with Crippen LogP contribution in [0.1, 0.15) is 19.7 Å². The molecule has 0 spiro atoms. The third-order valence-electron chi connectivity index (χ3n) is 2.82. The molecule has 0 fully saturated rings. The molecule has 0 bridgehead atoms. The van der Waals surface area contributed by atoms with Gasteiger partial charge in [0.1, 0.15) is 12.1 Å². The van der Waals surface area contributed by atoms with E-state index < -0.39 is 7.60 Å². The van der Waals surface area contributed by atoms with E-state index in [1.165, 1.54) is 0 Å². The molecule has 20 heavy (non-hydrogen) atoms. The maximum atomic E-state index is 12.7.